The molecule has 0 amide bonds. The van der Waals surface area contributed by atoms with Gasteiger partial charge in [-0.3, -0.25) is 4.79 Å². The Labute approximate surface area is 92.3 Å². The van der Waals surface area contributed by atoms with Gasteiger partial charge >= 0.3 is 5.97 Å². The van der Waals surface area contributed by atoms with E-state index in [-0.39, 0.29) is 5.97 Å². The molecule has 1 aromatic rings. The van der Waals surface area contributed by atoms with Gasteiger partial charge in [-0.05, 0) is 12.1 Å². The number of methoxy groups -OCH3 is 1. The van der Waals surface area contributed by atoms with Crippen LogP contribution in [0.2, 0.25) is 0 Å². The van der Waals surface area contributed by atoms with Gasteiger partial charge in [0.1, 0.15) is 11.8 Å². The second-order valence-corrected chi connectivity index (χ2v) is 3.83. The van der Waals surface area contributed by atoms with Crippen molar-refractivity contribution >= 4 is 17.7 Å². The number of hydrogen-bond acceptors (Lipinski definition) is 5. The molecule has 0 aliphatic rings. The van der Waals surface area contributed by atoms with Crippen molar-refractivity contribution in [2.24, 2.45) is 0 Å². The third-order valence-corrected chi connectivity index (χ3v) is 2.64. The highest BCUT2D eigenvalue weighted by molar-refractivity contribution is 7.99. The van der Waals surface area contributed by atoms with Crippen LogP contribution in [0.25, 0.3) is 0 Å². The highest BCUT2D eigenvalue weighted by Crippen LogP contribution is 2.18. The van der Waals surface area contributed by atoms with E-state index < -0.39 is 0 Å². The number of carbonyl (C=O) groups excluding carboxylic acids is 1. The molecule has 0 unspecified atom stereocenters. The van der Waals surface area contributed by atoms with Gasteiger partial charge in [0.25, 0.3) is 0 Å². The number of esters is 1. The molecule has 0 aliphatic heterocycles. The van der Waals surface area contributed by atoms with E-state index in [0.29, 0.717) is 17.9 Å². The van der Waals surface area contributed by atoms with E-state index in [4.69, 9.17) is 5.26 Å². The van der Waals surface area contributed by atoms with Crippen molar-refractivity contribution in [3.63, 3.8) is 0 Å². The second-order valence-electron chi connectivity index (χ2n) is 2.66. The number of aromatic nitrogens is 1. The maximum Gasteiger partial charge on any atom is 0.306 e. The van der Waals surface area contributed by atoms with Gasteiger partial charge in [-0.1, -0.05) is 0 Å². The van der Waals surface area contributed by atoms with Crippen molar-refractivity contribution in [3.8, 4) is 6.07 Å². The predicted octanol–water partition coefficient (Wildman–Crippen LogP) is 1.61. The normalized spacial score (nSPS) is 9.33. The molecule has 0 saturated carbocycles. The molecule has 1 aromatic heterocycles. The predicted molar refractivity (Wildman–Crippen MR) is 56.3 cm³/mol. The SMILES string of the molecule is COC(=O)CCSc1ccnc(C#N)c1. The maximum absolute atomic E-state index is 10.8. The van der Waals surface area contributed by atoms with E-state index in [2.05, 4.69) is 9.72 Å². The summed E-state index contributed by atoms with van der Waals surface area (Å²) in [4.78, 5) is 15.6. The molecule has 0 aliphatic carbocycles. The molecule has 4 nitrogen and oxygen atoms in total. The van der Waals surface area contributed by atoms with Crippen LogP contribution in [0.15, 0.2) is 23.2 Å². The van der Waals surface area contributed by atoms with Crippen LogP contribution < -0.4 is 0 Å². The minimum atomic E-state index is -0.225. The van der Waals surface area contributed by atoms with Crippen LogP contribution in [0.1, 0.15) is 12.1 Å². The van der Waals surface area contributed by atoms with Crippen LogP contribution in [0, 0.1) is 11.3 Å². The van der Waals surface area contributed by atoms with Gasteiger partial charge in [0.05, 0.1) is 13.5 Å². The molecule has 0 N–H and O–H groups in total. The molecule has 0 saturated heterocycles. The molecule has 0 bridgehead atoms. The van der Waals surface area contributed by atoms with Gasteiger partial charge in [0.15, 0.2) is 0 Å². The number of nitrogens with zero attached hydrogens (tertiary/aromatic N) is 2. The number of rotatable bonds is 4. The van der Waals surface area contributed by atoms with Crippen LogP contribution in [-0.4, -0.2) is 23.8 Å². The third-order valence-electron chi connectivity index (χ3n) is 1.65. The van der Waals surface area contributed by atoms with Crippen molar-refractivity contribution in [3.05, 3.63) is 24.0 Å². The smallest absolute Gasteiger partial charge is 0.306 e. The second kappa shape index (κ2) is 6.04. The lowest BCUT2D eigenvalue weighted by Crippen LogP contribution is -2.00. The Morgan fingerprint density at radius 2 is 2.53 bits per heavy atom. The Hall–Kier alpha value is -1.54. The summed E-state index contributed by atoms with van der Waals surface area (Å²) < 4.78 is 4.52. The largest absolute Gasteiger partial charge is 0.469 e. The van der Waals surface area contributed by atoms with Crippen molar-refractivity contribution in [2.75, 3.05) is 12.9 Å². The fourth-order valence-corrected chi connectivity index (χ4v) is 1.77. The zero-order chi connectivity index (χ0) is 11.1. The van der Waals surface area contributed by atoms with Crippen LogP contribution in [0.4, 0.5) is 0 Å². The Bertz CT molecular complexity index is 387. The van der Waals surface area contributed by atoms with Crippen LogP contribution >= 0.6 is 11.8 Å². The Morgan fingerprint density at radius 3 is 3.20 bits per heavy atom. The van der Waals surface area contributed by atoms with Crippen molar-refractivity contribution in [1.82, 2.24) is 4.98 Å². The van der Waals surface area contributed by atoms with Gasteiger partial charge in [-0.2, -0.15) is 5.26 Å². The number of carbonyl (C=O) groups is 1. The highest BCUT2D eigenvalue weighted by atomic mass is 32.2. The van der Waals surface area contributed by atoms with Gasteiger partial charge in [0.2, 0.25) is 0 Å². The van der Waals surface area contributed by atoms with Crippen LogP contribution in [0.3, 0.4) is 0 Å². The van der Waals surface area contributed by atoms with Crippen molar-refractivity contribution in [2.45, 2.75) is 11.3 Å². The van der Waals surface area contributed by atoms with Crippen LogP contribution in [-0.2, 0) is 9.53 Å². The van der Waals surface area contributed by atoms with E-state index in [0.717, 1.165) is 4.90 Å². The first-order valence-electron chi connectivity index (χ1n) is 4.32. The number of ether oxygens (including phenoxy) is 1. The molecule has 1 rings (SSSR count). The molecule has 0 aromatic carbocycles. The average Bonchev–Trinajstić information content (AvgIpc) is 2.29. The van der Waals surface area contributed by atoms with Crippen molar-refractivity contribution < 1.29 is 9.53 Å². The van der Waals surface area contributed by atoms with E-state index in [1.54, 1.807) is 12.3 Å². The Morgan fingerprint density at radius 1 is 1.73 bits per heavy atom. The van der Waals surface area contributed by atoms with E-state index >= 15 is 0 Å². The third kappa shape index (κ3) is 4.00. The molecule has 0 spiro atoms. The first-order chi connectivity index (χ1) is 7.26. The molecule has 78 valence electrons. The molecule has 1 heterocycles. The van der Waals surface area contributed by atoms with Gasteiger partial charge < -0.3 is 4.74 Å². The molecule has 5 heteroatoms. The quantitative estimate of drug-likeness (QED) is 0.572. The minimum absolute atomic E-state index is 0.225. The molecular formula is C10H10N2O2S. The number of nitriles is 1. The first kappa shape index (κ1) is 11.5. The fraction of sp³-hybridized carbons (Fsp3) is 0.300. The zero-order valence-electron chi connectivity index (χ0n) is 8.27. The van der Waals surface area contributed by atoms with E-state index in [9.17, 15) is 4.79 Å². The summed E-state index contributed by atoms with van der Waals surface area (Å²) in [6.45, 7) is 0. The molecular weight excluding hydrogens is 212 g/mol. The topological polar surface area (TPSA) is 63.0 Å². The number of hydrogen-bond donors (Lipinski definition) is 0. The lowest BCUT2D eigenvalue weighted by atomic mass is 10.4. The standard InChI is InChI=1S/C10H10N2O2S/c1-14-10(13)3-5-15-9-2-4-12-8(6-9)7-11/h2,4,6H,3,5H2,1H3. The minimum Gasteiger partial charge on any atom is -0.469 e. The van der Waals surface area contributed by atoms with Crippen LogP contribution in [0.5, 0.6) is 0 Å². The summed E-state index contributed by atoms with van der Waals surface area (Å²) in [7, 11) is 1.37. The number of pyridine rings is 1. The van der Waals surface area contributed by atoms with E-state index in [1.165, 1.54) is 18.9 Å². The summed E-state index contributed by atoms with van der Waals surface area (Å²) in [6.07, 6.45) is 1.95. The zero-order valence-corrected chi connectivity index (χ0v) is 9.08. The Balaban J connectivity index is 2.44. The fourth-order valence-electron chi connectivity index (χ4n) is 0.916. The first-order valence-corrected chi connectivity index (χ1v) is 5.30. The lowest BCUT2D eigenvalue weighted by Gasteiger charge is -2.00. The molecule has 0 fully saturated rings. The summed E-state index contributed by atoms with van der Waals surface area (Å²) in [6, 6.07) is 5.47. The highest BCUT2D eigenvalue weighted by Gasteiger charge is 2.01. The monoisotopic (exact) mass is 222 g/mol. The molecule has 15 heavy (non-hydrogen) atoms. The van der Waals surface area contributed by atoms with Crippen molar-refractivity contribution in [1.29, 1.82) is 5.26 Å². The molecule has 0 radical (unpaired) electrons. The molecule has 0 atom stereocenters. The summed E-state index contributed by atoms with van der Waals surface area (Å²) in [5, 5.41) is 8.62. The summed E-state index contributed by atoms with van der Waals surface area (Å²) >= 11 is 1.50. The van der Waals surface area contributed by atoms with E-state index in [1.807, 2.05) is 12.1 Å². The number of thioether (sulfide) groups is 1. The van der Waals surface area contributed by atoms with Gasteiger partial charge in [-0.25, -0.2) is 4.98 Å². The van der Waals surface area contributed by atoms with Gasteiger partial charge in [0, 0.05) is 16.8 Å². The summed E-state index contributed by atoms with van der Waals surface area (Å²) in [5.74, 6) is 0.415. The van der Waals surface area contributed by atoms with Gasteiger partial charge in [-0.15, -0.1) is 11.8 Å². The summed E-state index contributed by atoms with van der Waals surface area (Å²) in [5.41, 5.74) is 0.387. The Kier molecular flexibility index (Phi) is 4.64. The lowest BCUT2D eigenvalue weighted by molar-refractivity contribution is -0.140. The average molecular weight is 222 g/mol. The maximum atomic E-state index is 10.8.